The van der Waals surface area contributed by atoms with E-state index in [1.165, 1.54) is 238 Å². The topological polar surface area (TPSA) is 78.9 Å². The Kier molecular flexibility index (Phi) is 67.1. The van der Waals surface area contributed by atoms with Gasteiger partial charge in [-0.15, -0.1) is 0 Å². The van der Waals surface area contributed by atoms with Gasteiger partial charge in [0.15, 0.2) is 6.10 Å². The molecule has 0 aromatic carbocycles. The van der Waals surface area contributed by atoms with Gasteiger partial charge in [-0.3, -0.25) is 14.4 Å². The van der Waals surface area contributed by atoms with Crippen LogP contribution in [0.25, 0.3) is 0 Å². The van der Waals surface area contributed by atoms with Gasteiger partial charge in [0.05, 0.1) is 0 Å². The van der Waals surface area contributed by atoms with Gasteiger partial charge in [-0.1, -0.05) is 345 Å². The molecule has 0 spiro atoms. The lowest BCUT2D eigenvalue weighted by Gasteiger charge is -2.18. The van der Waals surface area contributed by atoms with Crippen LogP contribution in [-0.4, -0.2) is 37.2 Å². The number of unbranched alkanes of at least 4 members (excludes halogenated alkanes) is 45. The normalized spacial score (nSPS) is 12.4. The zero-order valence-electron chi connectivity index (χ0n) is 54.3. The molecule has 0 aromatic heterocycles. The van der Waals surface area contributed by atoms with E-state index in [1.54, 1.807) is 0 Å². The van der Waals surface area contributed by atoms with Crippen molar-refractivity contribution in [2.75, 3.05) is 13.2 Å². The van der Waals surface area contributed by atoms with Gasteiger partial charge in [0.25, 0.3) is 0 Å². The first-order valence-corrected chi connectivity index (χ1v) is 35.8. The molecule has 1 unspecified atom stereocenters. The summed E-state index contributed by atoms with van der Waals surface area (Å²) in [6.07, 6.45) is 89.9. The van der Waals surface area contributed by atoms with Gasteiger partial charge in [0.2, 0.25) is 0 Å². The maximum Gasteiger partial charge on any atom is 0.306 e. The highest BCUT2D eigenvalue weighted by atomic mass is 16.6. The van der Waals surface area contributed by atoms with E-state index >= 15 is 0 Å². The Hall–Kier alpha value is -2.89. The molecule has 0 rings (SSSR count). The summed E-state index contributed by atoms with van der Waals surface area (Å²) in [6, 6.07) is 0. The third kappa shape index (κ3) is 67.8. The second-order valence-electron chi connectivity index (χ2n) is 24.1. The van der Waals surface area contributed by atoms with E-state index in [-0.39, 0.29) is 31.1 Å². The summed E-state index contributed by atoms with van der Waals surface area (Å²) in [7, 11) is 0. The molecule has 0 aliphatic heterocycles. The summed E-state index contributed by atoms with van der Waals surface area (Å²) >= 11 is 0. The fraction of sp³-hybridized carbons (Fsp3) is 0.827. The molecule has 0 saturated heterocycles. The van der Waals surface area contributed by atoms with E-state index < -0.39 is 6.10 Å². The second kappa shape index (κ2) is 69.6. The molecule has 6 nitrogen and oxygen atoms in total. The van der Waals surface area contributed by atoms with Crippen molar-refractivity contribution in [3.8, 4) is 0 Å². The number of allylic oxidation sites excluding steroid dienone is 10. The van der Waals surface area contributed by atoms with Crippen molar-refractivity contribution in [2.24, 2.45) is 0 Å². The van der Waals surface area contributed by atoms with E-state index in [2.05, 4.69) is 81.5 Å². The van der Waals surface area contributed by atoms with Gasteiger partial charge in [-0.25, -0.2) is 0 Å². The van der Waals surface area contributed by atoms with Gasteiger partial charge in [0, 0.05) is 19.3 Å². The highest BCUT2D eigenvalue weighted by Crippen LogP contribution is 2.19. The van der Waals surface area contributed by atoms with Gasteiger partial charge in [-0.05, 0) is 77.0 Å². The monoisotopic (exact) mass is 1130 g/mol. The highest BCUT2D eigenvalue weighted by Gasteiger charge is 2.19. The Bertz CT molecular complexity index is 1440. The first-order valence-electron chi connectivity index (χ1n) is 35.8. The summed E-state index contributed by atoms with van der Waals surface area (Å²) < 4.78 is 17.0. The molecule has 0 bridgehead atoms. The second-order valence-corrected chi connectivity index (χ2v) is 24.1. The number of esters is 3. The maximum atomic E-state index is 12.9. The van der Waals surface area contributed by atoms with Crippen LogP contribution >= 0.6 is 0 Å². The van der Waals surface area contributed by atoms with Crippen LogP contribution in [0.3, 0.4) is 0 Å². The van der Waals surface area contributed by atoms with Crippen LogP contribution in [0, 0.1) is 0 Å². The number of hydrogen-bond donors (Lipinski definition) is 0. The minimum Gasteiger partial charge on any atom is -0.462 e. The van der Waals surface area contributed by atoms with Crippen LogP contribution in [0.4, 0.5) is 0 Å². The molecule has 81 heavy (non-hydrogen) atoms. The Morgan fingerprint density at radius 3 is 0.790 bits per heavy atom. The predicted molar refractivity (Wildman–Crippen MR) is 353 cm³/mol. The average Bonchev–Trinajstić information content (AvgIpc) is 3.47. The van der Waals surface area contributed by atoms with E-state index in [0.717, 1.165) is 103 Å². The van der Waals surface area contributed by atoms with Gasteiger partial charge < -0.3 is 14.2 Å². The largest absolute Gasteiger partial charge is 0.462 e. The van der Waals surface area contributed by atoms with E-state index in [9.17, 15) is 14.4 Å². The average molecular weight is 1130 g/mol. The minimum atomic E-state index is -0.786. The smallest absolute Gasteiger partial charge is 0.306 e. The van der Waals surface area contributed by atoms with Gasteiger partial charge in [0.1, 0.15) is 13.2 Å². The zero-order chi connectivity index (χ0) is 58.5. The van der Waals surface area contributed by atoms with Crippen molar-refractivity contribution in [1.29, 1.82) is 0 Å². The first-order chi connectivity index (χ1) is 40.0. The minimum absolute atomic E-state index is 0.0798. The lowest BCUT2D eigenvalue weighted by atomic mass is 10.0. The molecular weight excluding hydrogens is 997 g/mol. The molecule has 0 saturated carbocycles. The van der Waals surface area contributed by atoms with Crippen molar-refractivity contribution in [1.82, 2.24) is 0 Å². The molecule has 0 radical (unpaired) electrons. The molecule has 0 N–H and O–H groups in total. The third-order valence-electron chi connectivity index (χ3n) is 16.0. The quantitative estimate of drug-likeness (QED) is 0.0261. The maximum absolute atomic E-state index is 12.9. The van der Waals surface area contributed by atoms with Crippen molar-refractivity contribution in [3.05, 3.63) is 60.8 Å². The zero-order valence-corrected chi connectivity index (χ0v) is 54.3. The van der Waals surface area contributed by atoms with Crippen LogP contribution in [-0.2, 0) is 28.6 Å². The first kappa shape index (κ1) is 78.1. The Morgan fingerprint density at radius 1 is 0.259 bits per heavy atom. The fourth-order valence-corrected chi connectivity index (χ4v) is 10.7. The molecule has 0 amide bonds. The summed E-state index contributed by atoms with van der Waals surface area (Å²) in [5.74, 6) is -0.884. The number of rotatable bonds is 66. The fourth-order valence-electron chi connectivity index (χ4n) is 10.7. The van der Waals surface area contributed by atoms with E-state index in [4.69, 9.17) is 14.2 Å². The van der Waals surface area contributed by atoms with Crippen LogP contribution in [0.1, 0.15) is 380 Å². The van der Waals surface area contributed by atoms with Crippen LogP contribution in [0.5, 0.6) is 0 Å². The Morgan fingerprint density at radius 2 is 0.494 bits per heavy atom. The standard InChI is InChI=1S/C75H136O6/c1-4-7-10-13-16-19-22-25-28-30-31-32-33-34-35-36-37-38-39-40-41-42-43-44-46-47-50-53-56-59-62-65-68-74(77)80-71-72(70-79-73(76)67-64-61-58-55-52-49-27-24-21-18-15-12-9-6-3)81-75(78)69-66-63-60-57-54-51-48-45-29-26-23-20-17-14-11-8-5-2/h8,11,15,17-18,20,24,26-27,29,72H,4-7,9-10,12-14,16,19,21-23,25,28,30-71H2,1-3H3/b11-8-,18-15-,20-17-,27-24-,29-26-. The molecule has 0 aromatic rings. The van der Waals surface area contributed by atoms with Crippen LogP contribution < -0.4 is 0 Å². The van der Waals surface area contributed by atoms with Crippen molar-refractivity contribution < 1.29 is 28.6 Å². The van der Waals surface area contributed by atoms with Crippen molar-refractivity contribution in [2.45, 2.75) is 386 Å². The molecule has 6 heteroatoms. The predicted octanol–water partition coefficient (Wildman–Crippen LogP) is 24.7. The summed E-state index contributed by atoms with van der Waals surface area (Å²) in [4.78, 5) is 38.4. The lowest BCUT2D eigenvalue weighted by Crippen LogP contribution is -2.30. The molecule has 472 valence electrons. The molecular formula is C75H136O6. The number of ether oxygens (including phenoxy) is 3. The third-order valence-corrected chi connectivity index (χ3v) is 16.0. The number of carbonyl (C=O) groups excluding carboxylic acids is 3. The van der Waals surface area contributed by atoms with Crippen LogP contribution in [0.15, 0.2) is 60.8 Å². The Balaban J connectivity index is 4.15. The van der Waals surface area contributed by atoms with Crippen molar-refractivity contribution >= 4 is 17.9 Å². The van der Waals surface area contributed by atoms with E-state index in [0.29, 0.717) is 19.3 Å². The molecule has 0 heterocycles. The van der Waals surface area contributed by atoms with Gasteiger partial charge in [-0.2, -0.15) is 0 Å². The molecule has 0 aliphatic rings. The lowest BCUT2D eigenvalue weighted by molar-refractivity contribution is -0.167. The SMILES string of the molecule is CC/C=C\C/C=C\C/C=C\CCCCCCCCCC(=O)OC(COC(=O)CCCCCCC/C=C\C/C=C\CCCC)COC(=O)CCCCCCCCCCCCCCCCCCCCCCCCCCCCCCCCCC. The summed E-state index contributed by atoms with van der Waals surface area (Å²) in [5, 5.41) is 0. The molecule has 0 aliphatic carbocycles. The number of carbonyl (C=O) groups is 3. The molecule has 0 fully saturated rings. The summed E-state index contributed by atoms with van der Waals surface area (Å²) in [5.41, 5.74) is 0. The van der Waals surface area contributed by atoms with Gasteiger partial charge >= 0.3 is 17.9 Å². The number of hydrogen-bond acceptors (Lipinski definition) is 6. The summed E-state index contributed by atoms with van der Waals surface area (Å²) in [6.45, 7) is 6.53. The molecule has 1 atom stereocenters. The highest BCUT2D eigenvalue weighted by molar-refractivity contribution is 5.71. The van der Waals surface area contributed by atoms with E-state index in [1.807, 2.05) is 0 Å². The van der Waals surface area contributed by atoms with Crippen LogP contribution in [0.2, 0.25) is 0 Å². The van der Waals surface area contributed by atoms with Crippen molar-refractivity contribution in [3.63, 3.8) is 0 Å². The Labute approximate surface area is 504 Å².